The number of benzene rings is 1. The summed E-state index contributed by atoms with van der Waals surface area (Å²) in [5.74, 6) is 0.745. The van der Waals surface area contributed by atoms with Crippen molar-refractivity contribution in [2.75, 3.05) is 0 Å². The minimum atomic E-state index is -0.0295. The van der Waals surface area contributed by atoms with Gasteiger partial charge < -0.3 is 9.88 Å². The van der Waals surface area contributed by atoms with E-state index in [1.807, 2.05) is 58.8 Å². The predicted molar refractivity (Wildman–Crippen MR) is 113 cm³/mol. The Balaban J connectivity index is 1.62. The molecule has 0 aliphatic carbocycles. The molecule has 1 N–H and O–H groups in total. The van der Waals surface area contributed by atoms with Gasteiger partial charge in [-0.15, -0.1) is 0 Å². The van der Waals surface area contributed by atoms with Gasteiger partial charge in [0, 0.05) is 24.6 Å². The molecular weight excluding hydrogens is 362 g/mol. The van der Waals surface area contributed by atoms with Crippen LogP contribution in [0.15, 0.2) is 67.1 Å². The lowest BCUT2D eigenvalue weighted by molar-refractivity contribution is 0.0654. The van der Waals surface area contributed by atoms with Gasteiger partial charge in [0.05, 0.1) is 12.2 Å². The molecule has 0 aliphatic rings. The number of aromatic amines is 1. The summed E-state index contributed by atoms with van der Waals surface area (Å²) in [6.07, 6.45) is 7.17. The fourth-order valence-corrected chi connectivity index (χ4v) is 3.66. The molecule has 1 atom stereocenters. The number of amides is 1. The Morgan fingerprint density at radius 3 is 2.72 bits per heavy atom. The standard InChI is InChI=1S/C23H25N5O/c1-17(11-12-19-8-4-3-5-9-19)28(16-20-24-13-14-25-20)23(29)22-18(2)26-21-10-6-7-15-27(21)22/h3-10,13-15,17H,11-12,16H2,1-2H3,(H,24,25). The predicted octanol–water partition coefficient (Wildman–Crippen LogP) is 4.03. The smallest absolute Gasteiger partial charge is 0.273 e. The lowest BCUT2D eigenvalue weighted by Crippen LogP contribution is -2.39. The molecule has 0 fully saturated rings. The van der Waals surface area contributed by atoms with E-state index in [2.05, 4.69) is 34.0 Å². The number of nitrogens with one attached hydrogen (secondary N) is 1. The van der Waals surface area contributed by atoms with Crippen molar-refractivity contribution in [3.63, 3.8) is 0 Å². The van der Waals surface area contributed by atoms with Crippen molar-refractivity contribution >= 4 is 11.6 Å². The van der Waals surface area contributed by atoms with E-state index < -0.39 is 0 Å². The molecule has 1 amide bonds. The van der Waals surface area contributed by atoms with Crippen molar-refractivity contribution in [1.29, 1.82) is 0 Å². The van der Waals surface area contributed by atoms with Gasteiger partial charge in [-0.25, -0.2) is 9.97 Å². The van der Waals surface area contributed by atoms with Crippen LogP contribution >= 0.6 is 0 Å². The van der Waals surface area contributed by atoms with E-state index in [0.29, 0.717) is 12.2 Å². The van der Waals surface area contributed by atoms with Crippen LogP contribution in [0.25, 0.3) is 5.65 Å². The second-order valence-corrected chi connectivity index (χ2v) is 7.32. The number of nitrogens with zero attached hydrogens (tertiary/aromatic N) is 4. The Morgan fingerprint density at radius 2 is 1.97 bits per heavy atom. The first-order valence-corrected chi connectivity index (χ1v) is 9.90. The number of hydrogen-bond acceptors (Lipinski definition) is 3. The third-order valence-electron chi connectivity index (χ3n) is 5.27. The summed E-state index contributed by atoms with van der Waals surface area (Å²) in [7, 11) is 0. The van der Waals surface area contributed by atoms with Gasteiger partial charge in [-0.1, -0.05) is 36.4 Å². The van der Waals surface area contributed by atoms with Gasteiger partial charge in [-0.05, 0) is 44.4 Å². The average Bonchev–Trinajstić information content (AvgIpc) is 3.37. The maximum Gasteiger partial charge on any atom is 0.273 e. The van der Waals surface area contributed by atoms with Crippen molar-refractivity contribution in [3.8, 4) is 0 Å². The Labute approximate surface area is 170 Å². The zero-order valence-electron chi connectivity index (χ0n) is 16.7. The fourth-order valence-electron chi connectivity index (χ4n) is 3.66. The number of aryl methyl sites for hydroxylation is 2. The van der Waals surface area contributed by atoms with Gasteiger partial charge in [0.15, 0.2) is 0 Å². The molecule has 3 aromatic heterocycles. The highest BCUT2D eigenvalue weighted by Gasteiger charge is 2.27. The number of H-pyrrole nitrogens is 1. The van der Waals surface area contributed by atoms with Crippen molar-refractivity contribution < 1.29 is 4.79 Å². The molecule has 0 saturated carbocycles. The number of aromatic nitrogens is 4. The minimum absolute atomic E-state index is 0.0295. The number of fused-ring (bicyclic) bond motifs is 1. The van der Waals surface area contributed by atoms with Crippen LogP contribution in [0.1, 0.15) is 40.9 Å². The first-order chi connectivity index (χ1) is 14.1. The first kappa shape index (κ1) is 18.9. The summed E-state index contributed by atoms with van der Waals surface area (Å²) in [5.41, 5.74) is 3.40. The summed E-state index contributed by atoms with van der Waals surface area (Å²) in [6.45, 7) is 4.42. The monoisotopic (exact) mass is 387 g/mol. The molecule has 1 unspecified atom stereocenters. The number of carbonyl (C=O) groups is 1. The molecule has 0 radical (unpaired) electrons. The second-order valence-electron chi connectivity index (χ2n) is 7.32. The van der Waals surface area contributed by atoms with Crippen molar-refractivity contribution in [2.45, 2.75) is 39.3 Å². The van der Waals surface area contributed by atoms with Crippen LogP contribution in [-0.4, -0.2) is 36.2 Å². The quantitative estimate of drug-likeness (QED) is 0.521. The van der Waals surface area contributed by atoms with E-state index in [1.165, 1.54) is 5.56 Å². The van der Waals surface area contributed by atoms with Gasteiger partial charge >= 0.3 is 0 Å². The molecule has 6 nitrogen and oxygen atoms in total. The zero-order chi connectivity index (χ0) is 20.2. The maximum absolute atomic E-state index is 13.6. The lowest BCUT2D eigenvalue weighted by atomic mass is 10.0. The molecule has 0 spiro atoms. The molecular formula is C23H25N5O. The molecule has 3 heterocycles. The molecule has 4 rings (SSSR count). The highest BCUT2D eigenvalue weighted by Crippen LogP contribution is 2.19. The van der Waals surface area contributed by atoms with Crippen LogP contribution in [0.2, 0.25) is 0 Å². The van der Waals surface area contributed by atoms with Crippen molar-refractivity contribution in [1.82, 2.24) is 24.3 Å². The highest BCUT2D eigenvalue weighted by molar-refractivity contribution is 5.94. The first-order valence-electron chi connectivity index (χ1n) is 9.90. The van der Waals surface area contributed by atoms with Crippen molar-refractivity contribution in [2.24, 2.45) is 0 Å². The Kier molecular flexibility index (Phi) is 5.42. The van der Waals surface area contributed by atoms with Gasteiger partial charge in [-0.3, -0.25) is 9.20 Å². The summed E-state index contributed by atoms with van der Waals surface area (Å²) >= 11 is 0. The summed E-state index contributed by atoms with van der Waals surface area (Å²) in [5, 5.41) is 0. The number of rotatable bonds is 7. The van der Waals surface area contributed by atoms with Gasteiger partial charge in [0.1, 0.15) is 17.2 Å². The van der Waals surface area contributed by atoms with Crippen LogP contribution in [-0.2, 0) is 13.0 Å². The van der Waals surface area contributed by atoms with Crippen LogP contribution in [0.4, 0.5) is 0 Å². The van der Waals surface area contributed by atoms with Gasteiger partial charge in [0.2, 0.25) is 0 Å². The van der Waals surface area contributed by atoms with E-state index in [-0.39, 0.29) is 11.9 Å². The topological polar surface area (TPSA) is 66.3 Å². The molecule has 0 bridgehead atoms. The summed E-state index contributed by atoms with van der Waals surface area (Å²) in [4.78, 5) is 27.6. The van der Waals surface area contributed by atoms with Crippen LogP contribution in [0.3, 0.4) is 0 Å². The SMILES string of the molecule is Cc1nc2ccccn2c1C(=O)N(Cc1ncc[nH]1)C(C)CCc1ccccc1. The zero-order valence-corrected chi connectivity index (χ0v) is 16.7. The number of pyridine rings is 1. The fraction of sp³-hybridized carbons (Fsp3) is 0.261. The third-order valence-corrected chi connectivity index (χ3v) is 5.27. The van der Waals surface area contributed by atoms with E-state index in [1.54, 1.807) is 12.4 Å². The minimum Gasteiger partial charge on any atom is -0.347 e. The molecule has 0 aliphatic heterocycles. The Morgan fingerprint density at radius 1 is 1.17 bits per heavy atom. The molecule has 0 saturated heterocycles. The average molecular weight is 387 g/mol. The summed E-state index contributed by atoms with van der Waals surface area (Å²) in [6, 6.07) is 16.2. The van der Waals surface area contributed by atoms with E-state index in [4.69, 9.17) is 0 Å². The molecule has 148 valence electrons. The largest absolute Gasteiger partial charge is 0.347 e. The Hall–Kier alpha value is -3.41. The second kappa shape index (κ2) is 8.31. The Bertz CT molecular complexity index is 1090. The van der Waals surface area contributed by atoms with E-state index >= 15 is 0 Å². The van der Waals surface area contributed by atoms with Crippen LogP contribution in [0.5, 0.6) is 0 Å². The van der Waals surface area contributed by atoms with E-state index in [0.717, 1.165) is 30.0 Å². The lowest BCUT2D eigenvalue weighted by Gasteiger charge is -2.29. The number of hydrogen-bond donors (Lipinski definition) is 1. The van der Waals surface area contributed by atoms with Crippen LogP contribution in [0, 0.1) is 6.92 Å². The normalized spacial score (nSPS) is 12.2. The maximum atomic E-state index is 13.6. The molecule has 1 aromatic carbocycles. The van der Waals surface area contributed by atoms with Gasteiger partial charge in [-0.2, -0.15) is 0 Å². The summed E-state index contributed by atoms with van der Waals surface area (Å²) < 4.78 is 1.87. The molecule has 4 aromatic rings. The van der Waals surface area contributed by atoms with Crippen LogP contribution < -0.4 is 0 Å². The van der Waals surface area contributed by atoms with E-state index in [9.17, 15) is 4.79 Å². The molecule has 6 heteroatoms. The van der Waals surface area contributed by atoms with Gasteiger partial charge in [0.25, 0.3) is 5.91 Å². The third kappa shape index (κ3) is 4.06. The highest BCUT2D eigenvalue weighted by atomic mass is 16.2. The van der Waals surface area contributed by atoms with Crippen molar-refractivity contribution in [3.05, 3.63) is 89.9 Å². The molecule has 29 heavy (non-hydrogen) atoms. The number of carbonyl (C=O) groups excluding carboxylic acids is 1. The number of imidazole rings is 2.